The molecule has 0 bridgehead atoms. The predicted molar refractivity (Wildman–Crippen MR) is 117 cm³/mol. The highest BCUT2D eigenvalue weighted by atomic mass is 15.2. The number of unbranched alkanes of at least 4 members (excludes halogenated alkanes) is 10. The molecule has 3 heteroatoms. The first-order valence-corrected chi connectivity index (χ1v) is 11.7. The Bertz CT molecular complexity index is 346. The molecule has 0 spiro atoms. The fourth-order valence-electron chi connectivity index (χ4n) is 3.93. The minimum absolute atomic E-state index is 0.0489. The molecule has 0 aromatic rings. The quantitative estimate of drug-likeness (QED) is 0.331. The first-order chi connectivity index (χ1) is 12.6. The molecular weight excluding hydrogens is 318 g/mol. The largest absolute Gasteiger partial charge is 0.372 e. The van der Waals surface area contributed by atoms with E-state index in [1.54, 1.807) is 0 Å². The molecule has 0 saturated carbocycles. The van der Waals surface area contributed by atoms with Crippen molar-refractivity contribution in [1.29, 1.82) is 0 Å². The van der Waals surface area contributed by atoms with Crippen LogP contribution in [0, 0.1) is 0 Å². The van der Waals surface area contributed by atoms with Crippen LogP contribution >= 0.6 is 0 Å². The summed E-state index contributed by atoms with van der Waals surface area (Å²) < 4.78 is 0. The van der Waals surface area contributed by atoms with Gasteiger partial charge in [0.25, 0.3) is 0 Å². The topological polar surface area (TPSA) is 27.6 Å². The number of hydrogen-bond donors (Lipinski definition) is 1. The Morgan fingerprint density at radius 2 is 1.31 bits per heavy atom. The number of nitrogens with one attached hydrogen (secondary N) is 1. The van der Waals surface area contributed by atoms with Gasteiger partial charge in [0.05, 0.1) is 5.54 Å². The normalized spacial score (nSPS) is 15.2. The second kappa shape index (κ2) is 14.5. The summed E-state index contributed by atoms with van der Waals surface area (Å²) in [5, 5.41) is 3.58. The number of aliphatic imine (C=N–C) groups is 1. The predicted octanol–water partition coefficient (Wildman–Crippen LogP) is 6.18. The molecule has 0 atom stereocenters. The lowest BCUT2D eigenvalue weighted by Gasteiger charge is -2.41. The maximum atomic E-state index is 4.82. The van der Waals surface area contributed by atoms with E-state index in [0.29, 0.717) is 0 Å². The molecule has 154 valence electrons. The molecule has 0 aliphatic carbocycles. The molecule has 0 fully saturated rings. The molecule has 3 nitrogen and oxygen atoms in total. The van der Waals surface area contributed by atoms with Crippen molar-refractivity contribution in [3.63, 3.8) is 0 Å². The molecule has 0 aromatic heterocycles. The zero-order chi connectivity index (χ0) is 19.1. The van der Waals surface area contributed by atoms with Crippen molar-refractivity contribution in [1.82, 2.24) is 10.2 Å². The standard InChI is InChI=1S/C23H47N3/c1-5-7-9-11-13-15-20-26(21-16-14-12-10-8-6-2)23(3,4)22-24-18-17-19-25-22/h5-21H2,1-4H3,(H,24,25). The van der Waals surface area contributed by atoms with E-state index in [-0.39, 0.29) is 5.54 Å². The molecule has 0 unspecified atom stereocenters. The molecule has 1 aliphatic rings. The van der Waals surface area contributed by atoms with Gasteiger partial charge in [-0.05, 0) is 46.2 Å². The fourth-order valence-corrected chi connectivity index (χ4v) is 3.93. The van der Waals surface area contributed by atoms with Crippen molar-refractivity contribution in [2.75, 3.05) is 26.2 Å². The summed E-state index contributed by atoms with van der Waals surface area (Å²) >= 11 is 0. The third kappa shape index (κ3) is 9.39. The Hall–Kier alpha value is -0.570. The Kier molecular flexibility index (Phi) is 13.1. The Balaban J connectivity index is 2.46. The Morgan fingerprint density at radius 3 is 1.77 bits per heavy atom. The van der Waals surface area contributed by atoms with Gasteiger partial charge in [0.15, 0.2) is 0 Å². The van der Waals surface area contributed by atoms with Gasteiger partial charge in [-0.3, -0.25) is 9.89 Å². The van der Waals surface area contributed by atoms with E-state index in [1.165, 1.54) is 102 Å². The van der Waals surface area contributed by atoms with E-state index >= 15 is 0 Å². The average molecular weight is 366 g/mol. The van der Waals surface area contributed by atoms with Crippen molar-refractivity contribution in [2.24, 2.45) is 4.99 Å². The lowest BCUT2D eigenvalue weighted by atomic mass is 9.97. The van der Waals surface area contributed by atoms with Crippen LogP contribution in [0.5, 0.6) is 0 Å². The third-order valence-corrected chi connectivity index (χ3v) is 5.83. The van der Waals surface area contributed by atoms with Crippen LogP contribution in [0.3, 0.4) is 0 Å². The van der Waals surface area contributed by atoms with Gasteiger partial charge >= 0.3 is 0 Å². The van der Waals surface area contributed by atoms with E-state index in [2.05, 4.69) is 37.9 Å². The fraction of sp³-hybridized carbons (Fsp3) is 0.957. The zero-order valence-electron chi connectivity index (χ0n) is 18.4. The minimum atomic E-state index is 0.0489. The van der Waals surface area contributed by atoms with Gasteiger partial charge in [-0.2, -0.15) is 0 Å². The zero-order valence-corrected chi connectivity index (χ0v) is 18.4. The molecule has 0 radical (unpaired) electrons. The summed E-state index contributed by atoms with van der Waals surface area (Å²) in [6.07, 6.45) is 17.7. The Morgan fingerprint density at radius 1 is 0.808 bits per heavy atom. The lowest BCUT2D eigenvalue weighted by Crippen LogP contribution is -2.56. The van der Waals surface area contributed by atoms with Crippen molar-refractivity contribution in [2.45, 2.75) is 117 Å². The van der Waals surface area contributed by atoms with Gasteiger partial charge in [-0.15, -0.1) is 0 Å². The van der Waals surface area contributed by atoms with E-state index in [4.69, 9.17) is 4.99 Å². The second-order valence-electron chi connectivity index (χ2n) is 8.59. The molecule has 0 saturated heterocycles. The molecule has 1 heterocycles. The number of rotatable bonds is 16. The van der Waals surface area contributed by atoms with Crippen LogP contribution in [0.15, 0.2) is 4.99 Å². The number of hydrogen-bond acceptors (Lipinski definition) is 3. The van der Waals surface area contributed by atoms with E-state index in [0.717, 1.165) is 13.1 Å². The second-order valence-corrected chi connectivity index (χ2v) is 8.59. The van der Waals surface area contributed by atoms with Crippen LogP contribution < -0.4 is 5.32 Å². The molecule has 0 aromatic carbocycles. The summed E-state index contributed by atoms with van der Waals surface area (Å²) in [6.45, 7) is 13.9. The van der Waals surface area contributed by atoms with Crippen LogP contribution in [-0.2, 0) is 0 Å². The summed E-state index contributed by atoms with van der Waals surface area (Å²) in [4.78, 5) is 7.54. The molecule has 0 amide bonds. The summed E-state index contributed by atoms with van der Waals surface area (Å²) in [5.41, 5.74) is 0.0489. The molecule has 26 heavy (non-hydrogen) atoms. The van der Waals surface area contributed by atoms with Gasteiger partial charge in [-0.25, -0.2) is 0 Å². The van der Waals surface area contributed by atoms with Crippen LogP contribution in [0.4, 0.5) is 0 Å². The minimum Gasteiger partial charge on any atom is -0.372 e. The smallest absolute Gasteiger partial charge is 0.116 e. The van der Waals surface area contributed by atoms with Gasteiger partial charge in [-0.1, -0.05) is 78.1 Å². The SMILES string of the molecule is CCCCCCCCN(CCCCCCCC)C(C)(C)C1=NCCCN1. The monoisotopic (exact) mass is 365 g/mol. The van der Waals surface area contributed by atoms with Crippen molar-refractivity contribution < 1.29 is 0 Å². The highest BCUT2D eigenvalue weighted by Crippen LogP contribution is 2.20. The van der Waals surface area contributed by atoms with Gasteiger partial charge in [0.2, 0.25) is 0 Å². The van der Waals surface area contributed by atoms with Gasteiger partial charge in [0.1, 0.15) is 5.84 Å². The van der Waals surface area contributed by atoms with Crippen LogP contribution in [0.2, 0.25) is 0 Å². The number of nitrogens with zero attached hydrogens (tertiary/aromatic N) is 2. The average Bonchev–Trinajstić information content (AvgIpc) is 2.66. The van der Waals surface area contributed by atoms with Gasteiger partial charge in [0, 0.05) is 13.1 Å². The molecular formula is C23H47N3. The summed E-state index contributed by atoms with van der Waals surface area (Å²) in [6, 6.07) is 0. The highest BCUT2D eigenvalue weighted by molar-refractivity contribution is 5.91. The van der Waals surface area contributed by atoms with E-state index < -0.39 is 0 Å². The maximum Gasteiger partial charge on any atom is 0.116 e. The number of amidine groups is 1. The van der Waals surface area contributed by atoms with E-state index in [1.807, 2.05) is 0 Å². The van der Waals surface area contributed by atoms with Crippen molar-refractivity contribution in [3.05, 3.63) is 0 Å². The summed E-state index contributed by atoms with van der Waals surface area (Å²) in [5.74, 6) is 1.22. The molecule has 1 N–H and O–H groups in total. The van der Waals surface area contributed by atoms with Gasteiger partial charge < -0.3 is 5.32 Å². The molecule has 1 rings (SSSR count). The maximum absolute atomic E-state index is 4.82. The summed E-state index contributed by atoms with van der Waals surface area (Å²) in [7, 11) is 0. The first-order valence-electron chi connectivity index (χ1n) is 11.7. The lowest BCUT2D eigenvalue weighted by molar-refractivity contribution is 0.165. The van der Waals surface area contributed by atoms with Crippen LogP contribution in [-0.4, -0.2) is 42.5 Å². The Labute approximate surface area is 164 Å². The highest BCUT2D eigenvalue weighted by Gasteiger charge is 2.32. The first kappa shape index (κ1) is 23.5. The van der Waals surface area contributed by atoms with Crippen molar-refractivity contribution in [3.8, 4) is 0 Å². The van der Waals surface area contributed by atoms with Crippen LogP contribution in [0.1, 0.15) is 111 Å². The van der Waals surface area contributed by atoms with Crippen molar-refractivity contribution >= 4 is 5.84 Å². The third-order valence-electron chi connectivity index (χ3n) is 5.83. The molecule has 1 aliphatic heterocycles. The van der Waals surface area contributed by atoms with Crippen LogP contribution in [0.25, 0.3) is 0 Å². The van der Waals surface area contributed by atoms with E-state index in [9.17, 15) is 0 Å².